The van der Waals surface area contributed by atoms with E-state index in [2.05, 4.69) is 35.6 Å². The Kier molecular flexibility index (Phi) is 1.77. The van der Waals surface area contributed by atoms with Gasteiger partial charge in [-0.1, -0.05) is 12.1 Å². The molecule has 2 nitrogen and oxygen atoms in total. The number of nitrogens with one attached hydrogen (secondary N) is 1. The smallest absolute Gasteiger partial charge is 0.0554 e. The molecular formula is C10H14N2. The fourth-order valence-electron chi connectivity index (χ4n) is 1.84. The van der Waals surface area contributed by atoms with Crippen molar-refractivity contribution in [3.05, 3.63) is 29.3 Å². The van der Waals surface area contributed by atoms with Crippen molar-refractivity contribution in [1.82, 2.24) is 5.43 Å². The number of nitrogens with zero attached hydrogens (tertiary/aromatic N) is 1. The van der Waals surface area contributed by atoms with Gasteiger partial charge in [-0.05, 0) is 30.5 Å². The minimum Gasteiger partial charge on any atom is -0.308 e. The maximum atomic E-state index is 3.18. The summed E-state index contributed by atoms with van der Waals surface area (Å²) in [4.78, 5) is 0. The van der Waals surface area contributed by atoms with Crippen LogP contribution in [-0.4, -0.2) is 13.6 Å². The zero-order valence-corrected chi connectivity index (χ0v) is 7.59. The van der Waals surface area contributed by atoms with Crippen LogP contribution in [0, 0.1) is 6.92 Å². The molecule has 1 aliphatic heterocycles. The van der Waals surface area contributed by atoms with E-state index in [4.69, 9.17) is 0 Å². The highest BCUT2D eigenvalue weighted by Crippen LogP contribution is 2.28. The molecule has 64 valence electrons. The van der Waals surface area contributed by atoms with Gasteiger partial charge in [0.25, 0.3) is 0 Å². The van der Waals surface area contributed by atoms with E-state index < -0.39 is 0 Å². The van der Waals surface area contributed by atoms with E-state index in [1.807, 2.05) is 7.05 Å². The number of anilines is 1. The van der Waals surface area contributed by atoms with Crippen LogP contribution in [0.15, 0.2) is 18.2 Å². The first-order valence-corrected chi connectivity index (χ1v) is 4.36. The Bertz CT molecular complexity index is 294. The van der Waals surface area contributed by atoms with E-state index in [9.17, 15) is 0 Å². The van der Waals surface area contributed by atoms with Gasteiger partial charge in [0.1, 0.15) is 0 Å². The number of hydrazine groups is 1. The largest absolute Gasteiger partial charge is 0.308 e. The molecule has 0 aromatic heterocycles. The van der Waals surface area contributed by atoms with Crippen molar-refractivity contribution < 1.29 is 0 Å². The molecule has 1 aromatic rings. The van der Waals surface area contributed by atoms with Crippen LogP contribution < -0.4 is 10.4 Å². The van der Waals surface area contributed by atoms with Crippen LogP contribution >= 0.6 is 0 Å². The molecule has 2 heteroatoms. The average Bonchev–Trinajstić information content (AvgIpc) is 2.49. The molecule has 12 heavy (non-hydrogen) atoms. The van der Waals surface area contributed by atoms with E-state index in [0.29, 0.717) is 0 Å². The Morgan fingerprint density at radius 1 is 1.42 bits per heavy atom. The van der Waals surface area contributed by atoms with Gasteiger partial charge in [-0.3, -0.25) is 0 Å². The Morgan fingerprint density at radius 2 is 2.25 bits per heavy atom. The van der Waals surface area contributed by atoms with Crippen LogP contribution in [0.4, 0.5) is 5.69 Å². The van der Waals surface area contributed by atoms with Crippen molar-refractivity contribution in [2.75, 3.05) is 18.6 Å². The Morgan fingerprint density at radius 3 is 3.00 bits per heavy atom. The normalized spacial score (nSPS) is 15.0. The summed E-state index contributed by atoms with van der Waals surface area (Å²) in [6.45, 7) is 3.27. The van der Waals surface area contributed by atoms with Gasteiger partial charge in [0.2, 0.25) is 0 Å². The van der Waals surface area contributed by atoms with Crippen molar-refractivity contribution in [2.24, 2.45) is 0 Å². The van der Waals surface area contributed by atoms with Gasteiger partial charge >= 0.3 is 0 Å². The molecule has 1 N–H and O–H groups in total. The first-order chi connectivity index (χ1) is 5.83. The molecule has 0 aliphatic carbocycles. The molecule has 0 spiro atoms. The van der Waals surface area contributed by atoms with Crippen molar-refractivity contribution >= 4 is 5.69 Å². The molecule has 0 saturated heterocycles. The van der Waals surface area contributed by atoms with Crippen molar-refractivity contribution in [3.8, 4) is 0 Å². The third-order valence-electron chi connectivity index (χ3n) is 2.53. The van der Waals surface area contributed by atoms with E-state index in [-0.39, 0.29) is 0 Å². The second kappa shape index (κ2) is 2.79. The van der Waals surface area contributed by atoms with Crippen LogP contribution in [-0.2, 0) is 6.42 Å². The monoisotopic (exact) mass is 162 g/mol. The van der Waals surface area contributed by atoms with Gasteiger partial charge in [0.15, 0.2) is 0 Å². The molecule has 2 rings (SSSR count). The minimum absolute atomic E-state index is 1.09. The maximum absolute atomic E-state index is 3.18. The summed E-state index contributed by atoms with van der Waals surface area (Å²) < 4.78 is 0. The van der Waals surface area contributed by atoms with Crippen molar-refractivity contribution in [3.63, 3.8) is 0 Å². The number of fused-ring (bicyclic) bond motifs is 1. The number of rotatable bonds is 1. The highest BCUT2D eigenvalue weighted by atomic mass is 15.5. The summed E-state index contributed by atoms with van der Waals surface area (Å²) in [5.41, 5.74) is 7.43. The van der Waals surface area contributed by atoms with Crippen LogP contribution in [0.25, 0.3) is 0 Å². The van der Waals surface area contributed by atoms with Gasteiger partial charge in [-0.25, -0.2) is 5.43 Å². The quantitative estimate of drug-likeness (QED) is 0.673. The van der Waals surface area contributed by atoms with E-state index in [1.54, 1.807) is 0 Å². The zero-order chi connectivity index (χ0) is 8.55. The second-order valence-corrected chi connectivity index (χ2v) is 3.20. The lowest BCUT2D eigenvalue weighted by molar-refractivity contribution is 0.734. The van der Waals surface area contributed by atoms with Gasteiger partial charge in [0.05, 0.1) is 5.69 Å². The second-order valence-electron chi connectivity index (χ2n) is 3.20. The molecule has 1 aromatic carbocycles. The SMILES string of the molecule is CNN1CCc2c(C)cccc21. The number of hydrogen-bond donors (Lipinski definition) is 1. The lowest BCUT2D eigenvalue weighted by Crippen LogP contribution is -2.32. The van der Waals surface area contributed by atoms with E-state index in [1.165, 1.54) is 23.2 Å². The number of benzene rings is 1. The predicted molar refractivity (Wildman–Crippen MR) is 51.3 cm³/mol. The maximum Gasteiger partial charge on any atom is 0.0554 e. The zero-order valence-electron chi connectivity index (χ0n) is 7.59. The van der Waals surface area contributed by atoms with E-state index >= 15 is 0 Å². The molecule has 0 fully saturated rings. The molecule has 0 amide bonds. The highest BCUT2D eigenvalue weighted by Gasteiger charge is 2.18. The third kappa shape index (κ3) is 0.994. The molecule has 0 unspecified atom stereocenters. The summed E-state index contributed by atoms with van der Waals surface area (Å²) in [6.07, 6.45) is 1.17. The first-order valence-electron chi connectivity index (χ1n) is 4.36. The van der Waals surface area contributed by atoms with E-state index in [0.717, 1.165) is 6.54 Å². The Hall–Kier alpha value is -1.02. The lowest BCUT2D eigenvalue weighted by Gasteiger charge is -2.17. The molecule has 0 radical (unpaired) electrons. The van der Waals surface area contributed by atoms with Gasteiger partial charge in [-0.15, -0.1) is 0 Å². The summed E-state index contributed by atoms with van der Waals surface area (Å²) in [5.74, 6) is 0. The highest BCUT2D eigenvalue weighted by molar-refractivity contribution is 5.59. The summed E-state index contributed by atoms with van der Waals surface area (Å²) in [7, 11) is 1.97. The Labute approximate surface area is 73.2 Å². The minimum atomic E-state index is 1.09. The van der Waals surface area contributed by atoms with Crippen LogP contribution in [0.5, 0.6) is 0 Å². The average molecular weight is 162 g/mol. The molecule has 1 aliphatic rings. The molecular weight excluding hydrogens is 148 g/mol. The van der Waals surface area contributed by atoms with Crippen molar-refractivity contribution in [2.45, 2.75) is 13.3 Å². The van der Waals surface area contributed by atoms with Crippen LogP contribution in [0.3, 0.4) is 0 Å². The molecule has 0 atom stereocenters. The van der Waals surface area contributed by atoms with Gasteiger partial charge in [-0.2, -0.15) is 0 Å². The first kappa shape index (κ1) is 7.62. The van der Waals surface area contributed by atoms with Gasteiger partial charge in [0, 0.05) is 13.6 Å². The van der Waals surface area contributed by atoms with Crippen LogP contribution in [0.2, 0.25) is 0 Å². The molecule has 0 saturated carbocycles. The third-order valence-corrected chi connectivity index (χ3v) is 2.53. The predicted octanol–water partition coefficient (Wildman–Crippen LogP) is 1.49. The number of aryl methyl sites for hydroxylation is 1. The Balaban J connectivity index is 2.46. The summed E-state index contributed by atoms with van der Waals surface area (Å²) >= 11 is 0. The summed E-state index contributed by atoms with van der Waals surface area (Å²) in [5, 5.41) is 2.20. The topological polar surface area (TPSA) is 15.3 Å². The standard InChI is InChI=1S/C10H14N2/c1-8-4-3-5-10-9(8)6-7-12(10)11-2/h3-5,11H,6-7H2,1-2H3. The fourth-order valence-corrected chi connectivity index (χ4v) is 1.84. The lowest BCUT2D eigenvalue weighted by atomic mass is 10.1. The van der Waals surface area contributed by atoms with Crippen LogP contribution in [0.1, 0.15) is 11.1 Å². The van der Waals surface area contributed by atoms with Gasteiger partial charge < -0.3 is 5.01 Å². The van der Waals surface area contributed by atoms with Crippen molar-refractivity contribution in [1.29, 1.82) is 0 Å². The number of hydrogen-bond acceptors (Lipinski definition) is 2. The molecule has 0 bridgehead atoms. The summed E-state index contributed by atoms with van der Waals surface area (Å²) in [6, 6.07) is 6.47. The molecule has 1 heterocycles. The fraction of sp³-hybridized carbons (Fsp3) is 0.400.